The van der Waals surface area contributed by atoms with Crippen LogP contribution in [0.5, 0.6) is 0 Å². The Morgan fingerprint density at radius 3 is 2.29 bits per heavy atom. The third-order valence-electron chi connectivity index (χ3n) is 2.28. The summed E-state index contributed by atoms with van der Waals surface area (Å²) in [4.78, 5) is 6.27. The van der Waals surface area contributed by atoms with Gasteiger partial charge in [0.1, 0.15) is 5.82 Å². The molecule has 2 aromatic rings. The Labute approximate surface area is 104 Å². The van der Waals surface area contributed by atoms with Gasteiger partial charge in [0.25, 0.3) is 0 Å². The van der Waals surface area contributed by atoms with Crippen LogP contribution in [0, 0.1) is 5.82 Å². The maximum absolute atomic E-state index is 12.7. The number of hydrogen-bond donors (Lipinski definition) is 1. The minimum atomic E-state index is -0.222. The molecule has 2 nitrogen and oxygen atoms in total. The highest BCUT2D eigenvalue weighted by Gasteiger charge is 2.02. The number of pyridine rings is 1. The Morgan fingerprint density at radius 1 is 1.12 bits per heavy atom. The highest BCUT2D eigenvalue weighted by molar-refractivity contribution is 7.99. The van der Waals surface area contributed by atoms with Crippen LogP contribution in [0.1, 0.15) is 18.7 Å². The van der Waals surface area contributed by atoms with Gasteiger partial charge in [-0.05, 0) is 43.3 Å². The van der Waals surface area contributed by atoms with Crippen LogP contribution in [0.25, 0.3) is 0 Å². The van der Waals surface area contributed by atoms with Crippen LogP contribution in [-0.4, -0.2) is 4.98 Å². The number of nitrogens with zero attached hydrogens (tertiary/aromatic N) is 1. The average molecular weight is 248 g/mol. The maximum Gasteiger partial charge on any atom is 0.123 e. The molecule has 2 rings (SSSR count). The van der Waals surface area contributed by atoms with Gasteiger partial charge >= 0.3 is 0 Å². The molecule has 0 spiro atoms. The molecule has 0 aliphatic heterocycles. The summed E-state index contributed by atoms with van der Waals surface area (Å²) in [5.74, 6) is -0.222. The zero-order valence-electron chi connectivity index (χ0n) is 9.43. The monoisotopic (exact) mass is 248 g/mol. The van der Waals surface area contributed by atoms with Gasteiger partial charge in [0.15, 0.2) is 0 Å². The molecule has 1 aromatic heterocycles. The van der Waals surface area contributed by atoms with Crippen molar-refractivity contribution in [1.29, 1.82) is 0 Å². The molecule has 1 heterocycles. The molecule has 0 bridgehead atoms. The van der Waals surface area contributed by atoms with Gasteiger partial charge in [0.2, 0.25) is 0 Å². The first-order chi connectivity index (χ1) is 8.15. The fourth-order valence-corrected chi connectivity index (χ4v) is 2.15. The molecule has 0 aliphatic rings. The lowest BCUT2D eigenvalue weighted by atomic mass is 10.2. The van der Waals surface area contributed by atoms with Gasteiger partial charge in [-0.1, -0.05) is 11.8 Å². The summed E-state index contributed by atoms with van der Waals surface area (Å²) in [6.45, 7) is 1.90. The number of aromatic nitrogens is 1. The Morgan fingerprint density at radius 2 is 1.76 bits per heavy atom. The van der Waals surface area contributed by atoms with Gasteiger partial charge in [0.05, 0.1) is 5.69 Å². The molecular weight excluding hydrogens is 235 g/mol. The van der Waals surface area contributed by atoms with Gasteiger partial charge in [-0.25, -0.2) is 4.39 Å². The molecular formula is C13H13FN2S. The van der Waals surface area contributed by atoms with Crippen molar-refractivity contribution in [2.75, 3.05) is 0 Å². The van der Waals surface area contributed by atoms with Crippen molar-refractivity contribution in [1.82, 2.24) is 4.98 Å². The Bertz CT molecular complexity index is 480. The quantitative estimate of drug-likeness (QED) is 0.905. The lowest BCUT2D eigenvalue weighted by molar-refractivity contribution is 0.626. The highest BCUT2D eigenvalue weighted by Crippen LogP contribution is 2.27. The van der Waals surface area contributed by atoms with E-state index in [0.29, 0.717) is 0 Å². The number of nitrogens with two attached hydrogens (primary N) is 1. The SMILES string of the molecule is CC(N)c1ccc(Sc2ccc(F)cc2)cn1. The molecule has 4 heteroatoms. The number of hydrogen-bond acceptors (Lipinski definition) is 3. The zero-order chi connectivity index (χ0) is 12.3. The molecule has 0 aliphatic carbocycles. The van der Waals surface area contributed by atoms with E-state index in [2.05, 4.69) is 4.98 Å². The predicted octanol–water partition coefficient (Wildman–Crippen LogP) is 3.39. The second kappa shape index (κ2) is 5.29. The van der Waals surface area contributed by atoms with E-state index >= 15 is 0 Å². The zero-order valence-corrected chi connectivity index (χ0v) is 10.2. The van der Waals surface area contributed by atoms with Crippen LogP contribution in [0.2, 0.25) is 0 Å². The first-order valence-electron chi connectivity index (χ1n) is 5.30. The second-order valence-corrected chi connectivity index (χ2v) is 4.91. The van der Waals surface area contributed by atoms with Crippen molar-refractivity contribution in [3.05, 3.63) is 54.1 Å². The van der Waals surface area contributed by atoms with Crippen LogP contribution in [-0.2, 0) is 0 Å². The van der Waals surface area contributed by atoms with Crippen LogP contribution < -0.4 is 5.73 Å². The van der Waals surface area contributed by atoms with Crippen LogP contribution in [0.4, 0.5) is 4.39 Å². The van der Waals surface area contributed by atoms with Crippen molar-refractivity contribution in [3.8, 4) is 0 Å². The van der Waals surface area contributed by atoms with Crippen LogP contribution in [0.3, 0.4) is 0 Å². The fourth-order valence-electron chi connectivity index (χ4n) is 1.36. The average Bonchev–Trinajstić information content (AvgIpc) is 2.33. The molecule has 17 heavy (non-hydrogen) atoms. The minimum Gasteiger partial charge on any atom is -0.323 e. The summed E-state index contributed by atoms with van der Waals surface area (Å²) in [5.41, 5.74) is 6.59. The summed E-state index contributed by atoms with van der Waals surface area (Å²) in [6.07, 6.45) is 1.78. The number of benzene rings is 1. The molecule has 88 valence electrons. The second-order valence-electron chi connectivity index (χ2n) is 3.76. The number of rotatable bonds is 3. The first-order valence-corrected chi connectivity index (χ1v) is 6.12. The van der Waals surface area contributed by atoms with Gasteiger partial charge in [-0.2, -0.15) is 0 Å². The van der Waals surface area contributed by atoms with E-state index in [9.17, 15) is 4.39 Å². The maximum atomic E-state index is 12.7. The predicted molar refractivity (Wildman–Crippen MR) is 67.4 cm³/mol. The standard InChI is InChI=1S/C13H13FN2S/c1-9(15)13-7-6-12(8-16-13)17-11-4-2-10(14)3-5-11/h2-9H,15H2,1H3. The summed E-state index contributed by atoms with van der Waals surface area (Å²) in [5, 5.41) is 0. The van der Waals surface area contributed by atoms with E-state index < -0.39 is 0 Å². The molecule has 0 amide bonds. The molecule has 0 saturated carbocycles. The molecule has 1 aromatic carbocycles. The van der Waals surface area contributed by atoms with Gasteiger partial charge in [0, 0.05) is 22.0 Å². The van der Waals surface area contributed by atoms with Crippen molar-refractivity contribution >= 4 is 11.8 Å². The third kappa shape index (κ3) is 3.28. The van der Waals surface area contributed by atoms with Crippen molar-refractivity contribution in [3.63, 3.8) is 0 Å². The fraction of sp³-hybridized carbons (Fsp3) is 0.154. The highest BCUT2D eigenvalue weighted by atomic mass is 32.2. The number of halogens is 1. The molecule has 0 saturated heterocycles. The third-order valence-corrected chi connectivity index (χ3v) is 3.26. The van der Waals surface area contributed by atoms with Crippen molar-refractivity contribution in [2.45, 2.75) is 22.8 Å². The van der Waals surface area contributed by atoms with E-state index in [1.54, 1.807) is 30.1 Å². The van der Waals surface area contributed by atoms with E-state index in [1.807, 2.05) is 19.1 Å². The summed E-state index contributed by atoms with van der Waals surface area (Å²) in [7, 11) is 0. The summed E-state index contributed by atoms with van der Waals surface area (Å²) < 4.78 is 12.7. The smallest absolute Gasteiger partial charge is 0.123 e. The van der Waals surface area contributed by atoms with Gasteiger partial charge in [-0.15, -0.1) is 0 Å². The van der Waals surface area contributed by atoms with Crippen LogP contribution >= 0.6 is 11.8 Å². The Kier molecular flexibility index (Phi) is 3.76. The molecule has 0 radical (unpaired) electrons. The van der Waals surface area contributed by atoms with E-state index in [0.717, 1.165) is 15.5 Å². The van der Waals surface area contributed by atoms with Gasteiger partial charge < -0.3 is 5.73 Å². The van der Waals surface area contributed by atoms with Crippen molar-refractivity contribution in [2.24, 2.45) is 5.73 Å². The molecule has 1 unspecified atom stereocenters. The van der Waals surface area contributed by atoms with Crippen LogP contribution in [0.15, 0.2) is 52.4 Å². The lowest BCUT2D eigenvalue weighted by Gasteiger charge is -2.05. The van der Waals surface area contributed by atoms with E-state index in [4.69, 9.17) is 5.73 Å². The minimum absolute atomic E-state index is 0.0557. The summed E-state index contributed by atoms with van der Waals surface area (Å²) >= 11 is 1.55. The lowest BCUT2D eigenvalue weighted by Crippen LogP contribution is -2.06. The molecule has 1 atom stereocenters. The largest absolute Gasteiger partial charge is 0.323 e. The van der Waals surface area contributed by atoms with Crippen molar-refractivity contribution < 1.29 is 4.39 Å². The van der Waals surface area contributed by atoms with Gasteiger partial charge in [-0.3, -0.25) is 4.98 Å². The molecule has 0 fully saturated rings. The Hall–Kier alpha value is -1.39. The van der Waals surface area contributed by atoms with E-state index in [-0.39, 0.29) is 11.9 Å². The summed E-state index contributed by atoms with van der Waals surface area (Å²) in [6, 6.07) is 10.2. The molecule has 2 N–H and O–H groups in total. The first kappa shape index (κ1) is 12.1. The topological polar surface area (TPSA) is 38.9 Å². The Balaban J connectivity index is 2.11. The normalized spacial score (nSPS) is 12.4. The van der Waals surface area contributed by atoms with E-state index in [1.165, 1.54) is 12.1 Å².